The summed E-state index contributed by atoms with van der Waals surface area (Å²) in [5.74, 6) is 1.46. The molecule has 5 rings (SSSR count). The van der Waals surface area contributed by atoms with Crippen LogP contribution in [0.5, 0.6) is 5.75 Å². The number of nitrogens with zero attached hydrogens (tertiary/aromatic N) is 1. The molecule has 2 aromatic rings. The Bertz CT molecular complexity index is 919. The highest BCUT2D eigenvalue weighted by atomic mass is 32.2. The van der Waals surface area contributed by atoms with Crippen LogP contribution >= 0.6 is 11.8 Å². The predicted molar refractivity (Wildman–Crippen MR) is 108 cm³/mol. The zero-order valence-electron chi connectivity index (χ0n) is 15.5. The van der Waals surface area contributed by atoms with Gasteiger partial charge in [0.2, 0.25) is 11.8 Å². The highest BCUT2D eigenvalue weighted by molar-refractivity contribution is 8.00. The van der Waals surface area contributed by atoms with Gasteiger partial charge in [-0.2, -0.15) is 0 Å². The van der Waals surface area contributed by atoms with Gasteiger partial charge in [0.25, 0.3) is 0 Å². The monoisotopic (exact) mass is 394 g/mol. The molecule has 0 aliphatic carbocycles. The quantitative estimate of drug-likeness (QED) is 0.869. The van der Waals surface area contributed by atoms with Gasteiger partial charge in [-0.1, -0.05) is 48.5 Å². The number of benzene rings is 2. The average Bonchev–Trinajstić information content (AvgIpc) is 3.28. The summed E-state index contributed by atoms with van der Waals surface area (Å²) in [6.07, 6.45) is 1.98. The van der Waals surface area contributed by atoms with Crippen LogP contribution < -0.4 is 10.1 Å². The van der Waals surface area contributed by atoms with E-state index < -0.39 is 10.9 Å². The SMILES string of the molecule is O=C(N[C@@H]1CCOc2ccccc21)[C@@H]1CS[C@@]2(c3ccccc3)CCC(=O)N12. The van der Waals surface area contributed by atoms with Crippen molar-refractivity contribution < 1.29 is 14.3 Å². The highest BCUT2D eigenvalue weighted by Gasteiger charge is 2.56. The van der Waals surface area contributed by atoms with Gasteiger partial charge >= 0.3 is 0 Å². The molecule has 0 bridgehead atoms. The summed E-state index contributed by atoms with van der Waals surface area (Å²) in [7, 11) is 0. The molecule has 3 atom stereocenters. The first-order chi connectivity index (χ1) is 13.7. The van der Waals surface area contributed by atoms with Crippen LogP contribution in [0.1, 0.15) is 36.4 Å². The minimum atomic E-state index is -0.435. The van der Waals surface area contributed by atoms with Gasteiger partial charge in [-0.05, 0) is 18.1 Å². The molecule has 2 amide bonds. The third-order valence-electron chi connectivity index (χ3n) is 5.93. The number of ether oxygens (including phenoxy) is 1. The number of amides is 2. The van der Waals surface area contributed by atoms with Crippen molar-refractivity contribution in [2.75, 3.05) is 12.4 Å². The summed E-state index contributed by atoms with van der Waals surface area (Å²) < 4.78 is 5.70. The Morgan fingerprint density at radius 3 is 2.79 bits per heavy atom. The predicted octanol–water partition coefficient (Wildman–Crippen LogP) is 3.22. The molecule has 3 aliphatic heterocycles. The Morgan fingerprint density at radius 1 is 1.14 bits per heavy atom. The number of thioether (sulfide) groups is 1. The van der Waals surface area contributed by atoms with Crippen molar-refractivity contribution >= 4 is 23.6 Å². The number of carbonyl (C=O) groups excluding carboxylic acids is 2. The smallest absolute Gasteiger partial charge is 0.244 e. The molecule has 2 saturated heterocycles. The summed E-state index contributed by atoms with van der Waals surface area (Å²) in [6, 6.07) is 17.4. The van der Waals surface area contributed by atoms with Crippen molar-refractivity contribution in [3.8, 4) is 5.75 Å². The normalized spacial score (nSPS) is 28.4. The van der Waals surface area contributed by atoms with Gasteiger partial charge in [-0.15, -0.1) is 11.8 Å². The molecule has 0 spiro atoms. The molecule has 144 valence electrons. The van der Waals surface area contributed by atoms with Crippen molar-refractivity contribution in [1.29, 1.82) is 0 Å². The van der Waals surface area contributed by atoms with E-state index in [1.165, 1.54) is 0 Å². The number of hydrogen-bond donors (Lipinski definition) is 1. The van der Waals surface area contributed by atoms with Crippen LogP contribution in [0, 0.1) is 0 Å². The van der Waals surface area contributed by atoms with E-state index in [0.717, 1.165) is 29.7 Å². The average molecular weight is 394 g/mol. The van der Waals surface area contributed by atoms with Crippen LogP contribution in [0.4, 0.5) is 0 Å². The molecule has 0 aromatic heterocycles. The number of hydrogen-bond acceptors (Lipinski definition) is 4. The maximum atomic E-state index is 13.2. The number of fused-ring (bicyclic) bond motifs is 2. The number of rotatable bonds is 3. The van der Waals surface area contributed by atoms with Gasteiger partial charge in [0.1, 0.15) is 16.7 Å². The van der Waals surface area contributed by atoms with Gasteiger partial charge in [-0.3, -0.25) is 9.59 Å². The van der Waals surface area contributed by atoms with Crippen molar-refractivity contribution in [3.05, 3.63) is 65.7 Å². The first kappa shape index (κ1) is 17.6. The summed E-state index contributed by atoms with van der Waals surface area (Å²) in [5.41, 5.74) is 2.12. The lowest BCUT2D eigenvalue weighted by molar-refractivity contribution is -0.138. The fourth-order valence-electron chi connectivity index (χ4n) is 4.60. The molecule has 3 heterocycles. The molecule has 0 saturated carbocycles. The fourth-order valence-corrected chi connectivity index (χ4v) is 6.25. The maximum Gasteiger partial charge on any atom is 0.244 e. The summed E-state index contributed by atoms with van der Waals surface area (Å²) in [5, 5.41) is 3.19. The third-order valence-corrected chi connectivity index (χ3v) is 7.53. The standard InChI is InChI=1S/C22H22N2O3S/c25-20-10-12-22(15-6-2-1-3-7-15)24(20)18(14-28-22)21(26)23-17-11-13-27-19-9-5-4-8-16(17)19/h1-9,17-18H,10-14H2,(H,23,26)/t17-,18+,22-/m1/s1. The van der Waals surface area contributed by atoms with Gasteiger partial charge in [-0.25, -0.2) is 0 Å². The molecule has 3 aliphatic rings. The van der Waals surface area contributed by atoms with Crippen LogP contribution in [0.15, 0.2) is 54.6 Å². The Labute approximate surface area is 168 Å². The van der Waals surface area contributed by atoms with Gasteiger partial charge in [0, 0.05) is 24.2 Å². The van der Waals surface area contributed by atoms with Crippen molar-refractivity contribution in [3.63, 3.8) is 0 Å². The minimum Gasteiger partial charge on any atom is -0.493 e. The van der Waals surface area contributed by atoms with Crippen molar-refractivity contribution in [1.82, 2.24) is 10.2 Å². The van der Waals surface area contributed by atoms with Crippen molar-refractivity contribution in [2.45, 2.75) is 36.2 Å². The Balaban J connectivity index is 1.40. The molecule has 2 aromatic carbocycles. The second kappa shape index (κ2) is 6.85. The number of nitrogens with one attached hydrogen (secondary N) is 1. The van der Waals surface area contributed by atoms with E-state index in [1.54, 1.807) is 11.8 Å². The minimum absolute atomic E-state index is 0.0674. The van der Waals surface area contributed by atoms with Crippen LogP contribution in [-0.2, 0) is 14.5 Å². The van der Waals surface area contributed by atoms with E-state index in [9.17, 15) is 9.59 Å². The lowest BCUT2D eigenvalue weighted by Crippen LogP contribution is -2.51. The van der Waals surface area contributed by atoms with Crippen LogP contribution in [-0.4, -0.2) is 35.1 Å². The number of carbonyl (C=O) groups is 2. The molecule has 1 N–H and O–H groups in total. The van der Waals surface area contributed by atoms with Gasteiger partial charge < -0.3 is 15.0 Å². The maximum absolute atomic E-state index is 13.2. The van der Waals surface area contributed by atoms with Crippen LogP contribution in [0.3, 0.4) is 0 Å². The second-order valence-electron chi connectivity index (χ2n) is 7.48. The molecular formula is C22H22N2O3S. The first-order valence-corrected chi connectivity index (χ1v) is 10.7. The van der Waals surface area contributed by atoms with E-state index in [-0.39, 0.29) is 17.9 Å². The molecule has 0 unspecified atom stereocenters. The molecule has 0 radical (unpaired) electrons. The molecule has 5 nitrogen and oxygen atoms in total. The summed E-state index contributed by atoms with van der Waals surface area (Å²) in [4.78, 5) is 27.4. The third kappa shape index (κ3) is 2.70. The molecule has 2 fully saturated rings. The van der Waals surface area contributed by atoms with Crippen LogP contribution in [0.2, 0.25) is 0 Å². The van der Waals surface area contributed by atoms with Crippen LogP contribution in [0.25, 0.3) is 0 Å². The zero-order chi connectivity index (χ0) is 19.1. The summed E-state index contributed by atoms with van der Waals surface area (Å²) >= 11 is 1.72. The second-order valence-corrected chi connectivity index (χ2v) is 8.77. The van der Waals surface area contributed by atoms with Gasteiger partial charge in [0.05, 0.1) is 12.6 Å². The molecule has 6 heteroatoms. The lowest BCUT2D eigenvalue weighted by atomic mass is 9.99. The largest absolute Gasteiger partial charge is 0.493 e. The van der Waals surface area contributed by atoms with Gasteiger partial charge in [0.15, 0.2) is 0 Å². The highest BCUT2D eigenvalue weighted by Crippen LogP contribution is 2.54. The Morgan fingerprint density at radius 2 is 1.93 bits per heavy atom. The Kier molecular flexibility index (Phi) is 4.31. The number of para-hydroxylation sites is 1. The van der Waals surface area contributed by atoms with E-state index in [1.807, 2.05) is 47.4 Å². The first-order valence-electron chi connectivity index (χ1n) is 9.73. The topological polar surface area (TPSA) is 58.6 Å². The molecular weight excluding hydrogens is 372 g/mol. The fraction of sp³-hybridized carbons (Fsp3) is 0.364. The molecule has 28 heavy (non-hydrogen) atoms. The van der Waals surface area contributed by atoms with E-state index in [2.05, 4.69) is 17.4 Å². The van der Waals surface area contributed by atoms with Crippen molar-refractivity contribution in [2.24, 2.45) is 0 Å². The van der Waals surface area contributed by atoms with E-state index in [0.29, 0.717) is 18.8 Å². The summed E-state index contributed by atoms with van der Waals surface area (Å²) in [6.45, 7) is 0.581. The van der Waals surface area contributed by atoms with E-state index >= 15 is 0 Å². The Hall–Kier alpha value is -2.47. The van der Waals surface area contributed by atoms with E-state index in [4.69, 9.17) is 4.74 Å². The zero-order valence-corrected chi connectivity index (χ0v) is 16.3. The lowest BCUT2D eigenvalue weighted by Gasteiger charge is -2.35.